The monoisotopic (exact) mass is 484 g/mol. The van der Waals surface area contributed by atoms with E-state index in [4.69, 9.17) is 23.2 Å². The van der Waals surface area contributed by atoms with Crippen molar-refractivity contribution in [2.45, 2.75) is 6.92 Å². The number of hydrogen-bond acceptors (Lipinski definition) is 3. The molecule has 33 heavy (non-hydrogen) atoms. The van der Waals surface area contributed by atoms with Gasteiger partial charge < -0.3 is 20.9 Å². The molecule has 0 spiro atoms. The van der Waals surface area contributed by atoms with E-state index in [1.165, 1.54) is 4.90 Å². The van der Waals surface area contributed by atoms with Crippen LogP contribution in [0.3, 0.4) is 0 Å². The minimum atomic E-state index is -0.420. The van der Waals surface area contributed by atoms with Gasteiger partial charge in [-0.05, 0) is 55.5 Å². The van der Waals surface area contributed by atoms with Crippen molar-refractivity contribution in [3.05, 3.63) is 88.4 Å². The number of nitrogens with zero attached hydrogens (tertiary/aromatic N) is 1. The molecular weight excluding hydrogens is 463 g/mol. The van der Waals surface area contributed by atoms with Crippen LogP contribution < -0.4 is 16.0 Å². The smallest absolute Gasteiger partial charge is 0.323 e. The van der Waals surface area contributed by atoms with Crippen molar-refractivity contribution in [3.8, 4) is 0 Å². The lowest BCUT2D eigenvalue weighted by Crippen LogP contribution is -2.38. The number of para-hydroxylation sites is 2. The van der Waals surface area contributed by atoms with E-state index in [0.717, 1.165) is 0 Å². The minimum absolute atomic E-state index is 0.170. The van der Waals surface area contributed by atoms with Crippen molar-refractivity contribution in [2.24, 2.45) is 0 Å². The molecule has 0 fully saturated rings. The number of carbonyl (C=O) groups excluding carboxylic acids is 3. The summed E-state index contributed by atoms with van der Waals surface area (Å²) in [6.07, 6.45) is 0. The van der Waals surface area contributed by atoms with Gasteiger partial charge in [-0.3, -0.25) is 9.59 Å². The Hall–Kier alpha value is -3.55. The maximum absolute atomic E-state index is 12.9. The molecule has 0 atom stereocenters. The van der Waals surface area contributed by atoms with Gasteiger partial charge in [-0.25, -0.2) is 4.79 Å². The second-order valence-electron chi connectivity index (χ2n) is 6.99. The Balaban J connectivity index is 1.59. The highest BCUT2D eigenvalue weighted by Crippen LogP contribution is 2.29. The Morgan fingerprint density at radius 2 is 1.33 bits per heavy atom. The number of urea groups is 1. The van der Waals surface area contributed by atoms with Crippen LogP contribution >= 0.6 is 23.2 Å². The largest absolute Gasteiger partial charge is 0.330 e. The van der Waals surface area contributed by atoms with Crippen LogP contribution in [0.1, 0.15) is 17.3 Å². The molecule has 7 nitrogen and oxygen atoms in total. The lowest BCUT2D eigenvalue weighted by atomic mass is 10.1. The molecule has 3 aromatic rings. The van der Waals surface area contributed by atoms with E-state index in [2.05, 4.69) is 16.0 Å². The zero-order valence-electron chi connectivity index (χ0n) is 17.8. The molecule has 3 rings (SSSR count). The number of hydrogen-bond donors (Lipinski definition) is 3. The average molecular weight is 485 g/mol. The van der Waals surface area contributed by atoms with Gasteiger partial charge in [0.25, 0.3) is 5.91 Å². The molecule has 3 aromatic carbocycles. The van der Waals surface area contributed by atoms with Crippen LogP contribution in [0.5, 0.6) is 0 Å². The van der Waals surface area contributed by atoms with E-state index < -0.39 is 11.9 Å². The number of benzene rings is 3. The van der Waals surface area contributed by atoms with Crippen molar-refractivity contribution < 1.29 is 14.4 Å². The Labute approximate surface area is 201 Å². The van der Waals surface area contributed by atoms with E-state index in [1.54, 1.807) is 61.5 Å². The number of likely N-dealkylation sites (N-methyl/N-ethyl adjacent to an activating group) is 1. The summed E-state index contributed by atoms with van der Waals surface area (Å²) < 4.78 is 0. The lowest BCUT2D eigenvalue weighted by Gasteiger charge is -2.21. The van der Waals surface area contributed by atoms with E-state index in [0.29, 0.717) is 39.2 Å². The summed E-state index contributed by atoms with van der Waals surface area (Å²) in [7, 11) is 0. The molecule has 3 N–H and O–H groups in total. The van der Waals surface area contributed by atoms with Crippen molar-refractivity contribution in [1.29, 1.82) is 0 Å². The summed E-state index contributed by atoms with van der Waals surface area (Å²) in [6.45, 7) is 1.93. The number of halogens is 2. The van der Waals surface area contributed by atoms with Crippen LogP contribution in [-0.2, 0) is 4.79 Å². The summed E-state index contributed by atoms with van der Waals surface area (Å²) in [5.41, 5.74) is 1.87. The Bertz CT molecular complexity index is 1120. The van der Waals surface area contributed by atoms with Crippen molar-refractivity contribution >= 4 is 58.1 Å². The maximum atomic E-state index is 12.9. The van der Waals surface area contributed by atoms with E-state index >= 15 is 0 Å². The molecule has 0 bridgehead atoms. The van der Waals surface area contributed by atoms with E-state index in [1.807, 2.05) is 18.2 Å². The van der Waals surface area contributed by atoms with Gasteiger partial charge in [-0.1, -0.05) is 47.5 Å². The fourth-order valence-corrected chi connectivity index (χ4v) is 3.48. The molecule has 0 aliphatic heterocycles. The second-order valence-corrected chi connectivity index (χ2v) is 7.80. The topological polar surface area (TPSA) is 90.5 Å². The number of amides is 4. The first-order valence-corrected chi connectivity index (χ1v) is 10.9. The van der Waals surface area contributed by atoms with Gasteiger partial charge in [0.1, 0.15) is 6.54 Å². The molecular formula is C24H22Cl2N4O3. The van der Waals surface area contributed by atoms with Crippen LogP contribution in [0.2, 0.25) is 10.0 Å². The highest BCUT2D eigenvalue weighted by molar-refractivity contribution is 6.39. The van der Waals surface area contributed by atoms with Gasteiger partial charge in [0, 0.05) is 23.5 Å². The average Bonchev–Trinajstić information content (AvgIpc) is 2.80. The zero-order valence-corrected chi connectivity index (χ0v) is 19.3. The molecule has 0 aliphatic carbocycles. The molecule has 0 unspecified atom stereocenters. The quantitative estimate of drug-likeness (QED) is 0.399. The summed E-state index contributed by atoms with van der Waals surface area (Å²) in [5.74, 6) is -0.741. The Morgan fingerprint density at radius 1 is 0.758 bits per heavy atom. The molecule has 9 heteroatoms. The predicted octanol–water partition coefficient (Wildman–Crippen LogP) is 5.74. The molecule has 0 heterocycles. The molecule has 0 aromatic heterocycles. The van der Waals surface area contributed by atoms with Crippen LogP contribution in [0, 0.1) is 0 Å². The molecule has 0 radical (unpaired) electrons. The zero-order chi connectivity index (χ0) is 23.8. The fraction of sp³-hybridized carbons (Fsp3) is 0.125. The molecule has 0 saturated carbocycles. The third-order valence-corrected chi connectivity index (χ3v) is 5.28. The SMILES string of the molecule is CCN(CC(=O)Nc1c(Cl)cccc1Cl)C(=O)c1ccc(NC(=O)Nc2ccccc2)cc1. The summed E-state index contributed by atoms with van der Waals surface area (Å²) in [6, 6.07) is 20.0. The summed E-state index contributed by atoms with van der Waals surface area (Å²) in [4.78, 5) is 38.8. The van der Waals surface area contributed by atoms with Crippen LogP contribution in [0.4, 0.5) is 21.9 Å². The van der Waals surface area contributed by atoms with Crippen molar-refractivity contribution in [3.63, 3.8) is 0 Å². The van der Waals surface area contributed by atoms with Gasteiger partial charge in [-0.2, -0.15) is 0 Å². The first-order valence-electron chi connectivity index (χ1n) is 10.1. The molecule has 170 valence electrons. The minimum Gasteiger partial charge on any atom is -0.330 e. The summed E-state index contributed by atoms with van der Waals surface area (Å²) in [5, 5.41) is 8.69. The first kappa shape index (κ1) is 24.1. The highest BCUT2D eigenvalue weighted by Gasteiger charge is 2.19. The van der Waals surface area contributed by atoms with Crippen molar-refractivity contribution in [1.82, 2.24) is 4.90 Å². The molecule has 0 aliphatic rings. The van der Waals surface area contributed by atoms with Crippen LogP contribution in [0.15, 0.2) is 72.8 Å². The lowest BCUT2D eigenvalue weighted by molar-refractivity contribution is -0.116. The maximum Gasteiger partial charge on any atom is 0.323 e. The normalized spacial score (nSPS) is 10.3. The van der Waals surface area contributed by atoms with Gasteiger partial charge in [0.05, 0.1) is 15.7 Å². The standard InChI is InChI=1S/C24H22Cl2N4O3/c1-2-30(15-21(31)29-22-19(25)9-6-10-20(22)26)23(32)16-11-13-18(14-12-16)28-24(33)27-17-7-4-3-5-8-17/h3-14H,2,15H2,1H3,(H,29,31)(H2,27,28,33). The van der Waals surface area contributed by atoms with Gasteiger partial charge in [0.15, 0.2) is 0 Å². The molecule has 0 saturated heterocycles. The summed E-state index contributed by atoms with van der Waals surface area (Å²) >= 11 is 12.2. The van der Waals surface area contributed by atoms with E-state index in [9.17, 15) is 14.4 Å². The third kappa shape index (κ3) is 6.71. The number of carbonyl (C=O) groups is 3. The Kier molecular flexibility index (Phi) is 8.29. The fourth-order valence-electron chi connectivity index (χ4n) is 2.99. The Morgan fingerprint density at radius 3 is 1.91 bits per heavy atom. The van der Waals surface area contributed by atoms with Gasteiger partial charge in [0.2, 0.25) is 5.91 Å². The van der Waals surface area contributed by atoms with E-state index in [-0.39, 0.29) is 12.5 Å². The number of anilines is 3. The number of rotatable bonds is 7. The van der Waals surface area contributed by atoms with Gasteiger partial charge in [-0.15, -0.1) is 0 Å². The van der Waals surface area contributed by atoms with Gasteiger partial charge >= 0.3 is 6.03 Å². The first-order chi connectivity index (χ1) is 15.9. The molecule has 4 amide bonds. The third-order valence-electron chi connectivity index (χ3n) is 4.65. The number of nitrogens with one attached hydrogen (secondary N) is 3. The van der Waals surface area contributed by atoms with Crippen LogP contribution in [0.25, 0.3) is 0 Å². The predicted molar refractivity (Wildman–Crippen MR) is 132 cm³/mol. The van der Waals surface area contributed by atoms with Crippen LogP contribution in [-0.4, -0.2) is 35.8 Å². The second kappa shape index (κ2) is 11.4. The van der Waals surface area contributed by atoms with Crippen molar-refractivity contribution in [2.75, 3.05) is 29.0 Å². The highest BCUT2D eigenvalue weighted by atomic mass is 35.5.